The average Bonchev–Trinajstić information content (AvgIpc) is 2.84. The van der Waals surface area contributed by atoms with Gasteiger partial charge in [0.1, 0.15) is 11.5 Å². The Morgan fingerprint density at radius 2 is 1.52 bits per heavy atom. The number of nitrogens with two attached hydrogens (primary N) is 1. The molecule has 3 aromatic carbocycles. The molecule has 0 radical (unpaired) electrons. The van der Waals surface area contributed by atoms with Crippen LogP contribution in [-0.4, -0.2) is 28.0 Å². The average molecular weight is 441 g/mol. The van der Waals surface area contributed by atoms with Crippen LogP contribution in [0.3, 0.4) is 0 Å². The van der Waals surface area contributed by atoms with Crippen LogP contribution in [0.4, 0.5) is 23.3 Å². The molecule has 0 saturated heterocycles. The number of para-hydroxylation sites is 2. The van der Waals surface area contributed by atoms with Gasteiger partial charge in [-0.3, -0.25) is 10.3 Å². The molecule has 4 aromatic rings. The summed E-state index contributed by atoms with van der Waals surface area (Å²) in [6.45, 7) is -0.0265. The highest BCUT2D eigenvalue weighted by molar-refractivity contribution is 5.88. The smallest absolute Gasteiger partial charge is 0.289 e. The van der Waals surface area contributed by atoms with E-state index in [1.165, 1.54) is 0 Å². The number of ether oxygens (including phenoxy) is 2. The fourth-order valence-corrected chi connectivity index (χ4v) is 2.92. The van der Waals surface area contributed by atoms with Crippen molar-refractivity contribution >= 4 is 29.3 Å². The lowest BCUT2D eigenvalue weighted by Gasteiger charge is -2.19. The highest BCUT2D eigenvalue weighted by Gasteiger charge is 2.11. The van der Waals surface area contributed by atoms with E-state index >= 15 is 0 Å². The van der Waals surface area contributed by atoms with Crippen LogP contribution in [-0.2, 0) is 11.3 Å². The van der Waals surface area contributed by atoms with Gasteiger partial charge in [-0.25, -0.2) is 0 Å². The number of hydrogen-bond acceptors (Lipinski definition) is 8. The van der Waals surface area contributed by atoms with E-state index < -0.39 is 0 Å². The molecular weight excluding hydrogens is 418 g/mol. The Morgan fingerprint density at radius 1 is 0.879 bits per heavy atom. The van der Waals surface area contributed by atoms with Crippen LogP contribution in [0.25, 0.3) is 0 Å². The topological polar surface area (TPSA) is 122 Å². The standard InChI is InChI=1S/C24H23N7O2/c1-31(18-8-4-2-5-9-18)23(26)32-16-21-28-22(25)30-24(29-21)27-17-12-14-20(15-13-17)33-19-10-6-3-7-11-19/h2-15,26H,16H2,1H3,(H3,25,27,28,29,30). The molecule has 9 nitrogen and oxygen atoms in total. The molecule has 0 spiro atoms. The van der Waals surface area contributed by atoms with Crippen LogP contribution in [0.5, 0.6) is 11.5 Å². The van der Waals surface area contributed by atoms with Crippen molar-refractivity contribution in [3.63, 3.8) is 0 Å². The Bertz CT molecular complexity index is 1200. The van der Waals surface area contributed by atoms with E-state index in [1.54, 1.807) is 11.9 Å². The van der Waals surface area contributed by atoms with E-state index in [0.29, 0.717) is 11.6 Å². The number of nitrogens with zero attached hydrogens (tertiary/aromatic N) is 4. The van der Waals surface area contributed by atoms with Crippen molar-refractivity contribution in [2.45, 2.75) is 6.61 Å². The van der Waals surface area contributed by atoms with E-state index in [-0.39, 0.29) is 24.5 Å². The van der Waals surface area contributed by atoms with Crippen LogP contribution in [0.2, 0.25) is 0 Å². The fraction of sp³-hybridized carbons (Fsp3) is 0.0833. The molecule has 0 bridgehead atoms. The second-order valence-corrected chi connectivity index (χ2v) is 6.99. The lowest BCUT2D eigenvalue weighted by atomic mass is 10.3. The third-order valence-corrected chi connectivity index (χ3v) is 4.57. The molecule has 33 heavy (non-hydrogen) atoms. The summed E-state index contributed by atoms with van der Waals surface area (Å²) in [5, 5.41) is 11.2. The zero-order valence-electron chi connectivity index (χ0n) is 18.0. The summed E-state index contributed by atoms with van der Waals surface area (Å²) < 4.78 is 11.3. The zero-order valence-corrected chi connectivity index (χ0v) is 18.0. The van der Waals surface area contributed by atoms with Gasteiger partial charge in [0, 0.05) is 18.4 Å². The Morgan fingerprint density at radius 3 is 2.21 bits per heavy atom. The molecule has 0 fully saturated rings. The number of benzene rings is 3. The summed E-state index contributed by atoms with van der Waals surface area (Å²) in [6, 6.07) is 26.3. The minimum Gasteiger partial charge on any atom is -0.457 e. The van der Waals surface area contributed by atoms with Gasteiger partial charge >= 0.3 is 0 Å². The normalized spacial score (nSPS) is 10.3. The van der Waals surface area contributed by atoms with E-state index in [2.05, 4.69) is 20.3 Å². The second-order valence-electron chi connectivity index (χ2n) is 6.99. The Labute approximate surface area is 191 Å². The molecule has 9 heteroatoms. The molecule has 0 aliphatic heterocycles. The van der Waals surface area contributed by atoms with Gasteiger partial charge in [0.05, 0.1) is 0 Å². The molecule has 4 N–H and O–H groups in total. The van der Waals surface area contributed by atoms with Crippen molar-refractivity contribution in [2.24, 2.45) is 0 Å². The molecule has 4 rings (SSSR count). The van der Waals surface area contributed by atoms with E-state index in [1.807, 2.05) is 84.9 Å². The highest BCUT2D eigenvalue weighted by atomic mass is 16.5. The number of nitrogens with one attached hydrogen (secondary N) is 2. The van der Waals surface area contributed by atoms with Crippen molar-refractivity contribution in [3.8, 4) is 11.5 Å². The maximum atomic E-state index is 8.14. The summed E-state index contributed by atoms with van der Waals surface area (Å²) in [4.78, 5) is 14.2. The first kappa shape index (κ1) is 21.6. The first-order valence-electron chi connectivity index (χ1n) is 10.2. The van der Waals surface area contributed by atoms with Crippen molar-refractivity contribution in [1.29, 1.82) is 5.41 Å². The Balaban J connectivity index is 1.37. The van der Waals surface area contributed by atoms with Gasteiger partial charge in [0.25, 0.3) is 6.02 Å². The zero-order chi connectivity index (χ0) is 23.0. The monoisotopic (exact) mass is 441 g/mol. The second kappa shape index (κ2) is 10.1. The maximum absolute atomic E-state index is 8.14. The number of anilines is 4. The SMILES string of the molecule is CN(C(=N)OCc1nc(N)nc(Nc2ccc(Oc3ccccc3)cc2)n1)c1ccccc1. The molecule has 0 aliphatic carbocycles. The quantitative estimate of drug-likeness (QED) is 0.281. The number of nitrogen functional groups attached to an aromatic ring is 1. The van der Waals surface area contributed by atoms with Gasteiger partial charge < -0.3 is 20.5 Å². The molecule has 0 atom stereocenters. The molecular formula is C24H23N7O2. The molecule has 0 amide bonds. The molecule has 0 saturated carbocycles. The fourth-order valence-electron chi connectivity index (χ4n) is 2.92. The summed E-state index contributed by atoms with van der Waals surface area (Å²) in [6.07, 6.45) is 0. The van der Waals surface area contributed by atoms with Gasteiger partial charge in [-0.05, 0) is 48.5 Å². The van der Waals surface area contributed by atoms with Crippen LogP contribution in [0, 0.1) is 5.41 Å². The van der Waals surface area contributed by atoms with Crippen molar-refractivity contribution in [3.05, 3.63) is 90.8 Å². The van der Waals surface area contributed by atoms with Gasteiger partial charge in [0.15, 0.2) is 12.4 Å². The van der Waals surface area contributed by atoms with Gasteiger partial charge in [-0.15, -0.1) is 0 Å². The number of hydrogen-bond donors (Lipinski definition) is 3. The lowest BCUT2D eigenvalue weighted by Crippen LogP contribution is -2.28. The van der Waals surface area contributed by atoms with Crippen LogP contribution >= 0.6 is 0 Å². The van der Waals surface area contributed by atoms with E-state index in [9.17, 15) is 0 Å². The predicted octanol–water partition coefficient (Wildman–Crippen LogP) is 4.58. The van der Waals surface area contributed by atoms with Crippen molar-refractivity contribution in [2.75, 3.05) is 23.0 Å². The van der Waals surface area contributed by atoms with Gasteiger partial charge in [-0.1, -0.05) is 36.4 Å². The minimum absolute atomic E-state index is 0.0265. The summed E-state index contributed by atoms with van der Waals surface area (Å²) in [5.74, 6) is 2.10. The Kier molecular flexibility index (Phi) is 6.60. The first-order valence-corrected chi connectivity index (χ1v) is 10.2. The van der Waals surface area contributed by atoms with E-state index in [4.69, 9.17) is 20.6 Å². The van der Waals surface area contributed by atoms with E-state index in [0.717, 1.165) is 17.1 Å². The lowest BCUT2D eigenvalue weighted by molar-refractivity contribution is 0.273. The number of amidine groups is 1. The predicted molar refractivity (Wildman–Crippen MR) is 128 cm³/mol. The molecule has 0 aliphatic rings. The molecule has 0 unspecified atom stereocenters. The number of rotatable bonds is 7. The third-order valence-electron chi connectivity index (χ3n) is 4.57. The summed E-state index contributed by atoms with van der Waals surface area (Å²) in [5.41, 5.74) is 7.43. The molecule has 166 valence electrons. The van der Waals surface area contributed by atoms with Crippen molar-refractivity contribution < 1.29 is 9.47 Å². The van der Waals surface area contributed by atoms with Gasteiger partial charge in [-0.2, -0.15) is 15.0 Å². The summed E-state index contributed by atoms with van der Waals surface area (Å²) >= 11 is 0. The maximum Gasteiger partial charge on any atom is 0.289 e. The largest absolute Gasteiger partial charge is 0.457 e. The molecule has 1 heterocycles. The molecule has 1 aromatic heterocycles. The third kappa shape index (κ3) is 5.95. The van der Waals surface area contributed by atoms with Crippen molar-refractivity contribution in [1.82, 2.24) is 15.0 Å². The van der Waals surface area contributed by atoms with Crippen LogP contribution in [0.1, 0.15) is 5.82 Å². The Hall–Kier alpha value is -4.66. The highest BCUT2D eigenvalue weighted by Crippen LogP contribution is 2.23. The summed E-state index contributed by atoms with van der Waals surface area (Å²) in [7, 11) is 1.75. The van der Waals surface area contributed by atoms with Gasteiger partial charge in [0.2, 0.25) is 11.9 Å². The minimum atomic E-state index is -0.0382. The van der Waals surface area contributed by atoms with Crippen LogP contribution < -0.4 is 20.7 Å². The number of aromatic nitrogens is 3. The van der Waals surface area contributed by atoms with Crippen LogP contribution in [0.15, 0.2) is 84.9 Å². The first-order chi connectivity index (χ1) is 16.1.